The SMILES string of the molecule is CC(C(=O)N1CCCC1C)c1cccc(Br)c1. The van der Waals surface area contributed by atoms with E-state index in [2.05, 4.69) is 22.9 Å². The Balaban J connectivity index is 2.14. The first-order chi connectivity index (χ1) is 8.09. The van der Waals surface area contributed by atoms with E-state index in [9.17, 15) is 4.79 Å². The molecule has 3 heteroatoms. The molecular weight excluding hydrogens is 278 g/mol. The van der Waals surface area contributed by atoms with Crippen molar-refractivity contribution < 1.29 is 4.79 Å². The number of halogens is 1. The van der Waals surface area contributed by atoms with Crippen LogP contribution in [0.2, 0.25) is 0 Å². The lowest BCUT2D eigenvalue weighted by Gasteiger charge is -2.25. The number of nitrogens with zero attached hydrogens (tertiary/aromatic N) is 1. The lowest BCUT2D eigenvalue weighted by Crippen LogP contribution is -2.36. The van der Waals surface area contributed by atoms with Crippen LogP contribution >= 0.6 is 15.9 Å². The molecule has 2 unspecified atom stereocenters. The van der Waals surface area contributed by atoms with Crippen LogP contribution in [0.25, 0.3) is 0 Å². The second-order valence-corrected chi connectivity index (χ2v) is 5.72. The molecule has 1 aliphatic rings. The molecule has 0 N–H and O–H groups in total. The third kappa shape index (κ3) is 2.71. The van der Waals surface area contributed by atoms with Crippen LogP contribution in [0.4, 0.5) is 0 Å². The summed E-state index contributed by atoms with van der Waals surface area (Å²) in [6.45, 7) is 5.05. The van der Waals surface area contributed by atoms with Crippen molar-refractivity contribution in [3.05, 3.63) is 34.3 Å². The van der Waals surface area contributed by atoms with Gasteiger partial charge in [-0.25, -0.2) is 0 Å². The Hall–Kier alpha value is -0.830. The number of hydrogen-bond donors (Lipinski definition) is 0. The van der Waals surface area contributed by atoms with Crippen molar-refractivity contribution in [3.8, 4) is 0 Å². The molecule has 2 rings (SSSR count). The monoisotopic (exact) mass is 295 g/mol. The molecule has 0 bridgehead atoms. The van der Waals surface area contributed by atoms with Crippen molar-refractivity contribution in [1.29, 1.82) is 0 Å². The number of carbonyl (C=O) groups is 1. The van der Waals surface area contributed by atoms with Gasteiger partial charge in [0.2, 0.25) is 5.91 Å². The average molecular weight is 296 g/mol. The van der Waals surface area contributed by atoms with Gasteiger partial charge in [-0.15, -0.1) is 0 Å². The van der Waals surface area contributed by atoms with Crippen LogP contribution in [-0.2, 0) is 4.79 Å². The van der Waals surface area contributed by atoms with E-state index in [1.54, 1.807) is 0 Å². The van der Waals surface area contributed by atoms with Crippen molar-refractivity contribution in [1.82, 2.24) is 4.90 Å². The standard InChI is InChI=1S/C14H18BrNO/c1-10-5-4-8-16(10)14(17)11(2)12-6-3-7-13(15)9-12/h3,6-7,9-11H,4-5,8H2,1-2H3. The summed E-state index contributed by atoms with van der Waals surface area (Å²) in [6, 6.07) is 8.42. The van der Waals surface area contributed by atoms with E-state index in [4.69, 9.17) is 0 Å². The zero-order valence-corrected chi connectivity index (χ0v) is 11.9. The molecule has 1 heterocycles. The zero-order valence-electron chi connectivity index (χ0n) is 10.3. The first-order valence-corrected chi connectivity index (χ1v) is 6.95. The fraction of sp³-hybridized carbons (Fsp3) is 0.500. The minimum Gasteiger partial charge on any atom is -0.339 e. The minimum atomic E-state index is -0.0481. The third-order valence-electron chi connectivity index (χ3n) is 3.56. The van der Waals surface area contributed by atoms with Gasteiger partial charge in [0.1, 0.15) is 0 Å². The summed E-state index contributed by atoms with van der Waals surface area (Å²) < 4.78 is 1.03. The molecule has 1 aromatic rings. The molecule has 0 aromatic heterocycles. The quantitative estimate of drug-likeness (QED) is 0.817. The van der Waals surface area contributed by atoms with Crippen LogP contribution in [-0.4, -0.2) is 23.4 Å². The predicted molar refractivity (Wildman–Crippen MR) is 73.0 cm³/mol. The van der Waals surface area contributed by atoms with E-state index < -0.39 is 0 Å². The maximum Gasteiger partial charge on any atom is 0.230 e. The van der Waals surface area contributed by atoms with E-state index in [0.29, 0.717) is 6.04 Å². The Labute approximate surface area is 111 Å². The molecule has 0 aliphatic carbocycles. The molecule has 0 saturated carbocycles. The highest BCUT2D eigenvalue weighted by atomic mass is 79.9. The number of benzene rings is 1. The summed E-state index contributed by atoms with van der Waals surface area (Å²) in [4.78, 5) is 14.4. The first-order valence-electron chi connectivity index (χ1n) is 6.15. The summed E-state index contributed by atoms with van der Waals surface area (Å²) in [5.74, 6) is 0.209. The van der Waals surface area contributed by atoms with Crippen molar-refractivity contribution in [2.45, 2.75) is 38.6 Å². The van der Waals surface area contributed by atoms with Crippen molar-refractivity contribution in [3.63, 3.8) is 0 Å². The number of likely N-dealkylation sites (tertiary alicyclic amines) is 1. The summed E-state index contributed by atoms with van der Waals surface area (Å²) in [7, 11) is 0. The van der Waals surface area contributed by atoms with Gasteiger partial charge in [-0.2, -0.15) is 0 Å². The van der Waals surface area contributed by atoms with E-state index >= 15 is 0 Å². The molecule has 1 aromatic carbocycles. The molecule has 2 atom stereocenters. The minimum absolute atomic E-state index is 0.0481. The second-order valence-electron chi connectivity index (χ2n) is 4.80. The average Bonchev–Trinajstić information content (AvgIpc) is 2.73. The Morgan fingerprint density at radius 1 is 1.53 bits per heavy atom. The molecule has 92 valence electrons. The van der Waals surface area contributed by atoms with Crippen LogP contribution in [0, 0.1) is 0 Å². The fourth-order valence-electron chi connectivity index (χ4n) is 2.43. The fourth-order valence-corrected chi connectivity index (χ4v) is 2.84. The lowest BCUT2D eigenvalue weighted by molar-refractivity contribution is -0.132. The van der Waals surface area contributed by atoms with Gasteiger partial charge in [-0.3, -0.25) is 4.79 Å². The Morgan fingerprint density at radius 2 is 2.29 bits per heavy atom. The van der Waals surface area contributed by atoms with Gasteiger partial charge in [0, 0.05) is 17.1 Å². The molecular formula is C14H18BrNO. The number of amides is 1. The van der Waals surface area contributed by atoms with Crippen LogP contribution in [0.1, 0.15) is 38.2 Å². The van der Waals surface area contributed by atoms with E-state index in [1.165, 1.54) is 0 Å². The van der Waals surface area contributed by atoms with Gasteiger partial charge in [0.15, 0.2) is 0 Å². The number of carbonyl (C=O) groups excluding carboxylic acids is 1. The van der Waals surface area contributed by atoms with Crippen molar-refractivity contribution >= 4 is 21.8 Å². The van der Waals surface area contributed by atoms with E-state index in [1.807, 2.05) is 36.1 Å². The van der Waals surface area contributed by atoms with Crippen LogP contribution < -0.4 is 0 Å². The lowest BCUT2D eigenvalue weighted by atomic mass is 9.99. The smallest absolute Gasteiger partial charge is 0.230 e. The molecule has 0 radical (unpaired) electrons. The molecule has 0 spiro atoms. The number of rotatable bonds is 2. The van der Waals surface area contributed by atoms with Gasteiger partial charge in [-0.1, -0.05) is 28.1 Å². The second kappa shape index (κ2) is 5.21. The summed E-state index contributed by atoms with van der Waals surface area (Å²) in [5, 5.41) is 0. The molecule has 1 amide bonds. The molecule has 1 saturated heterocycles. The van der Waals surface area contributed by atoms with E-state index in [-0.39, 0.29) is 11.8 Å². The maximum atomic E-state index is 12.4. The van der Waals surface area contributed by atoms with Gasteiger partial charge in [-0.05, 0) is 44.4 Å². The van der Waals surface area contributed by atoms with Gasteiger partial charge in [0.05, 0.1) is 5.92 Å². The summed E-state index contributed by atoms with van der Waals surface area (Å²) >= 11 is 3.45. The predicted octanol–water partition coefficient (Wildman–Crippen LogP) is 3.56. The first kappa shape index (κ1) is 12.6. The van der Waals surface area contributed by atoms with Crippen LogP contribution in [0.15, 0.2) is 28.7 Å². The van der Waals surface area contributed by atoms with Crippen molar-refractivity contribution in [2.24, 2.45) is 0 Å². The zero-order chi connectivity index (χ0) is 12.4. The van der Waals surface area contributed by atoms with Crippen LogP contribution in [0.5, 0.6) is 0 Å². The summed E-state index contributed by atoms with van der Waals surface area (Å²) in [5.41, 5.74) is 1.09. The highest BCUT2D eigenvalue weighted by Crippen LogP contribution is 2.25. The molecule has 2 nitrogen and oxygen atoms in total. The molecule has 17 heavy (non-hydrogen) atoms. The Bertz CT molecular complexity index is 418. The van der Waals surface area contributed by atoms with Crippen molar-refractivity contribution in [2.75, 3.05) is 6.54 Å². The topological polar surface area (TPSA) is 20.3 Å². The largest absolute Gasteiger partial charge is 0.339 e. The number of hydrogen-bond acceptors (Lipinski definition) is 1. The van der Waals surface area contributed by atoms with Gasteiger partial charge < -0.3 is 4.90 Å². The van der Waals surface area contributed by atoms with Gasteiger partial charge >= 0.3 is 0 Å². The van der Waals surface area contributed by atoms with Crippen LogP contribution in [0.3, 0.4) is 0 Å². The Morgan fingerprint density at radius 3 is 2.88 bits per heavy atom. The normalized spacial score (nSPS) is 21.6. The van der Waals surface area contributed by atoms with E-state index in [0.717, 1.165) is 29.4 Å². The highest BCUT2D eigenvalue weighted by Gasteiger charge is 2.29. The highest BCUT2D eigenvalue weighted by molar-refractivity contribution is 9.10. The maximum absolute atomic E-state index is 12.4. The van der Waals surface area contributed by atoms with Gasteiger partial charge in [0.25, 0.3) is 0 Å². The Kier molecular flexibility index (Phi) is 3.87. The molecule has 1 fully saturated rings. The third-order valence-corrected chi connectivity index (χ3v) is 4.05. The molecule has 1 aliphatic heterocycles. The summed E-state index contributed by atoms with van der Waals surface area (Å²) in [6.07, 6.45) is 2.27.